The van der Waals surface area contributed by atoms with Gasteiger partial charge in [0.15, 0.2) is 6.29 Å². The van der Waals surface area contributed by atoms with Gasteiger partial charge in [0.2, 0.25) is 0 Å². The van der Waals surface area contributed by atoms with Crippen molar-refractivity contribution in [3.8, 4) is 0 Å². The molecule has 1 aliphatic rings. The number of esters is 1. The van der Waals surface area contributed by atoms with Gasteiger partial charge in [-0.1, -0.05) is 0 Å². The molecule has 0 radical (unpaired) electrons. The number of ether oxygens (including phenoxy) is 7. The summed E-state index contributed by atoms with van der Waals surface area (Å²) in [6.45, 7) is 4.59. The summed E-state index contributed by atoms with van der Waals surface area (Å²) < 4.78 is 36.5. The Hall–Kier alpha value is -0.770. The molecule has 0 spiro atoms. The van der Waals surface area contributed by atoms with E-state index in [2.05, 4.69) is 4.74 Å². The standard InChI is InChI=1S/C16H30O8/c1-18-15(17)14-22-11-10-20-7-6-19-8-9-21-12-13-24-16-4-2-3-5-23-16/h16H,2-14H2,1H3. The summed E-state index contributed by atoms with van der Waals surface area (Å²) in [5, 5.41) is 0. The molecule has 0 aromatic carbocycles. The number of hydrogen-bond donors (Lipinski definition) is 0. The Balaban J connectivity index is 1.69. The van der Waals surface area contributed by atoms with Crippen LogP contribution in [0.25, 0.3) is 0 Å². The molecular formula is C16H30O8. The lowest BCUT2D eigenvalue weighted by Gasteiger charge is -2.22. The van der Waals surface area contributed by atoms with Crippen LogP contribution in [0.15, 0.2) is 0 Å². The maximum Gasteiger partial charge on any atom is 0.331 e. The third kappa shape index (κ3) is 12.6. The molecule has 0 saturated carbocycles. The van der Waals surface area contributed by atoms with Crippen LogP contribution in [0, 0.1) is 0 Å². The topological polar surface area (TPSA) is 81.7 Å². The molecule has 0 N–H and O–H groups in total. The van der Waals surface area contributed by atoms with Gasteiger partial charge in [-0.25, -0.2) is 4.79 Å². The highest BCUT2D eigenvalue weighted by atomic mass is 16.7. The van der Waals surface area contributed by atoms with E-state index in [0.717, 1.165) is 19.4 Å². The average molecular weight is 350 g/mol. The summed E-state index contributed by atoms with van der Waals surface area (Å²) >= 11 is 0. The zero-order valence-corrected chi connectivity index (χ0v) is 14.5. The van der Waals surface area contributed by atoms with E-state index >= 15 is 0 Å². The Morgan fingerprint density at radius 1 is 0.875 bits per heavy atom. The summed E-state index contributed by atoms with van der Waals surface area (Å²) in [5.74, 6) is -0.394. The Labute approximate surface area is 143 Å². The molecule has 8 nitrogen and oxygen atoms in total. The van der Waals surface area contributed by atoms with Crippen LogP contribution in [0.3, 0.4) is 0 Å². The SMILES string of the molecule is COC(=O)COCCOCCOCCOCCOC1CCCCO1. The van der Waals surface area contributed by atoms with Crippen LogP contribution in [0.1, 0.15) is 19.3 Å². The molecule has 0 amide bonds. The average Bonchev–Trinajstić information content (AvgIpc) is 2.62. The normalized spacial score (nSPS) is 17.8. The molecule has 1 saturated heterocycles. The van der Waals surface area contributed by atoms with Gasteiger partial charge in [0.1, 0.15) is 6.61 Å². The fourth-order valence-electron chi connectivity index (χ4n) is 1.96. The van der Waals surface area contributed by atoms with Crippen molar-refractivity contribution in [2.45, 2.75) is 25.6 Å². The number of carbonyl (C=O) groups is 1. The van der Waals surface area contributed by atoms with Gasteiger partial charge < -0.3 is 33.2 Å². The van der Waals surface area contributed by atoms with E-state index in [-0.39, 0.29) is 12.9 Å². The quantitative estimate of drug-likeness (QED) is 0.316. The van der Waals surface area contributed by atoms with Gasteiger partial charge in [-0.2, -0.15) is 0 Å². The van der Waals surface area contributed by atoms with Crippen molar-refractivity contribution >= 4 is 5.97 Å². The molecule has 0 bridgehead atoms. The Morgan fingerprint density at radius 3 is 2.00 bits per heavy atom. The van der Waals surface area contributed by atoms with Crippen molar-refractivity contribution in [3.05, 3.63) is 0 Å². The molecule has 142 valence electrons. The first-order valence-corrected chi connectivity index (χ1v) is 8.44. The fourth-order valence-corrected chi connectivity index (χ4v) is 1.96. The molecule has 0 aromatic heterocycles. The molecule has 0 aromatic rings. The number of carbonyl (C=O) groups excluding carboxylic acids is 1. The van der Waals surface area contributed by atoms with Gasteiger partial charge in [-0.3, -0.25) is 0 Å². The second-order valence-corrected chi connectivity index (χ2v) is 5.13. The monoisotopic (exact) mass is 350 g/mol. The maximum absolute atomic E-state index is 10.8. The maximum atomic E-state index is 10.8. The van der Waals surface area contributed by atoms with Crippen LogP contribution in [0.5, 0.6) is 0 Å². The highest BCUT2D eigenvalue weighted by Crippen LogP contribution is 2.13. The Morgan fingerprint density at radius 2 is 1.46 bits per heavy atom. The van der Waals surface area contributed by atoms with E-state index in [1.165, 1.54) is 13.5 Å². The summed E-state index contributed by atoms with van der Waals surface area (Å²) in [4.78, 5) is 10.8. The van der Waals surface area contributed by atoms with Gasteiger partial charge in [0.05, 0.1) is 60.0 Å². The van der Waals surface area contributed by atoms with Crippen molar-refractivity contribution in [2.75, 3.05) is 73.2 Å². The predicted octanol–water partition coefficient (Wildman–Crippen LogP) is 0.769. The minimum absolute atomic E-state index is 0.0513. The van der Waals surface area contributed by atoms with Crippen LogP contribution in [-0.4, -0.2) is 85.4 Å². The van der Waals surface area contributed by atoms with E-state index in [1.54, 1.807) is 0 Å². The molecule has 1 atom stereocenters. The summed E-state index contributed by atoms with van der Waals surface area (Å²) in [7, 11) is 1.32. The van der Waals surface area contributed by atoms with Crippen LogP contribution < -0.4 is 0 Å². The van der Waals surface area contributed by atoms with E-state index in [4.69, 9.17) is 28.4 Å². The summed E-state index contributed by atoms with van der Waals surface area (Å²) in [5.41, 5.74) is 0. The van der Waals surface area contributed by atoms with Crippen molar-refractivity contribution in [2.24, 2.45) is 0 Å². The predicted molar refractivity (Wildman–Crippen MR) is 84.8 cm³/mol. The largest absolute Gasteiger partial charge is 0.467 e. The smallest absolute Gasteiger partial charge is 0.331 e. The first-order chi connectivity index (χ1) is 11.8. The Kier molecular flexibility index (Phi) is 14.0. The van der Waals surface area contributed by atoms with Crippen LogP contribution in [-0.2, 0) is 38.0 Å². The Bertz CT molecular complexity index is 294. The number of rotatable bonds is 15. The molecule has 8 heteroatoms. The van der Waals surface area contributed by atoms with Gasteiger partial charge in [0, 0.05) is 6.61 Å². The molecule has 1 rings (SSSR count). The molecule has 24 heavy (non-hydrogen) atoms. The van der Waals surface area contributed by atoms with E-state index in [1.807, 2.05) is 0 Å². The van der Waals surface area contributed by atoms with Crippen molar-refractivity contribution in [1.82, 2.24) is 0 Å². The third-order valence-corrected chi connectivity index (χ3v) is 3.23. The number of hydrogen-bond acceptors (Lipinski definition) is 8. The van der Waals surface area contributed by atoms with Gasteiger partial charge in [-0.05, 0) is 19.3 Å². The van der Waals surface area contributed by atoms with Crippen LogP contribution in [0.2, 0.25) is 0 Å². The van der Waals surface area contributed by atoms with Crippen LogP contribution >= 0.6 is 0 Å². The van der Waals surface area contributed by atoms with Crippen molar-refractivity contribution in [3.63, 3.8) is 0 Å². The minimum Gasteiger partial charge on any atom is -0.467 e. The lowest BCUT2D eigenvalue weighted by Crippen LogP contribution is -2.24. The van der Waals surface area contributed by atoms with Crippen LogP contribution in [0.4, 0.5) is 0 Å². The molecule has 1 fully saturated rings. The summed E-state index contributed by atoms with van der Waals surface area (Å²) in [6, 6.07) is 0. The lowest BCUT2D eigenvalue weighted by atomic mass is 10.2. The van der Waals surface area contributed by atoms with E-state index in [0.29, 0.717) is 52.9 Å². The molecular weight excluding hydrogens is 320 g/mol. The minimum atomic E-state index is -0.394. The summed E-state index contributed by atoms with van der Waals surface area (Å²) in [6.07, 6.45) is 3.19. The van der Waals surface area contributed by atoms with Crippen molar-refractivity contribution in [1.29, 1.82) is 0 Å². The van der Waals surface area contributed by atoms with Gasteiger partial charge in [-0.15, -0.1) is 0 Å². The third-order valence-electron chi connectivity index (χ3n) is 3.23. The zero-order chi connectivity index (χ0) is 17.3. The number of methoxy groups -OCH3 is 1. The van der Waals surface area contributed by atoms with Gasteiger partial charge in [0.25, 0.3) is 0 Å². The highest BCUT2D eigenvalue weighted by Gasteiger charge is 2.13. The van der Waals surface area contributed by atoms with E-state index in [9.17, 15) is 4.79 Å². The first-order valence-electron chi connectivity index (χ1n) is 8.44. The second kappa shape index (κ2) is 15.7. The first kappa shape index (κ1) is 21.3. The van der Waals surface area contributed by atoms with E-state index < -0.39 is 5.97 Å². The second-order valence-electron chi connectivity index (χ2n) is 5.13. The fraction of sp³-hybridized carbons (Fsp3) is 0.938. The van der Waals surface area contributed by atoms with Gasteiger partial charge >= 0.3 is 5.97 Å². The highest BCUT2D eigenvalue weighted by molar-refractivity contribution is 5.70. The van der Waals surface area contributed by atoms with Crippen molar-refractivity contribution < 1.29 is 38.0 Å². The molecule has 1 unspecified atom stereocenters. The zero-order valence-electron chi connectivity index (χ0n) is 14.5. The lowest BCUT2D eigenvalue weighted by molar-refractivity contribution is -0.169. The molecule has 1 heterocycles. The molecule has 1 aliphatic heterocycles. The molecule has 0 aliphatic carbocycles.